The number of aromatic nitrogens is 5. The summed E-state index contributed by atoms with van der Waals surface area (Å²) in [6, 6.07) is 106. The molecule has 0 N–H and O–H groups in total. The number of nitrogens with zero attached hydrogens (tertiary/aromatic N) is 5. The molecule has 1 aliphatic heterocycles. The van der Waals surface area contributed by atoms with E-state index in [0.717, 1.165) is 67.5 Å². The van der Waals surface area contributed by atoms with E-state index in [1.807, 2.05) is 6.07 Å². The molecular weight excluding hydrogens is 1000 g/mol. The van der Waals surface area contributed by atoms with Gasteiger partial charge in [-0.1, -0.05) is 188 Å². The van der Waals surface area contributed by atoms with Gasteiger partial charge >= 0.3 is 0 Å². The second kappa shape index (κ2) is 17.8. The van der Waals surface area contributed by atoms with Crippen LogP contribution in [0.15, 0.2) is 285 Å². The summed E-state index contributed by atoms with van der Waals surface area (Å²) in [5.74, 6) is 1.77. The van der Waals surface area contributed by atoms with Crippen molar-refractivity contribution < 1.29 is 4.74 Å². The van der Waals surface area contributed by atoms with Crippen LogP contribution in [0.5, 0.6) is 5.75 Å². The van der Waals surface area contributed by atoms with Crippen LogP contribution in [0.2, 0.25) is 0 Å². The van der Waals surface area contributed by atoms with Crippen LogP contribution >= 0.6 is 0 Å². The molecule has 7 heteroatoms. The van der Waals surface area contributed by atoms with Gasteiger partial charge in [0.25, 0.3) is 0 Å². The Bertz CT molecular complexity index is 4880. The standard InChI is InChI=1S/C74H49N5OSi/c1-3-21-54(22-4-1)81(55-23-5-2-6-24-55,56-25-17-19-49(43-56)50-37-40-72-73(44-50)80-48-74-75-64-31-11-16-36-71(64)79(72)74)57-26-18-20-51(45-57)76-69-41-38-52(77-65-32-12-7-27-58(65)59-28-8-13-33-66(59)77)46-62(69)63-47-53(39-42-70(63)76)78-67-34-14-9-29-60(67)61-30-10-15-35-68(61)78/h1-47H,48H2. The zero-order valence-electron chi connectivity index (χ0n) is 44.0. The average Bonchev–Trinajstić information content (AvgIpc) is 4.49. The summed E-state index contributed by atoms with van der Waals surface area (Å²) in [7, 11) is -3.10. The Hall–Kier alpha value is -10.5. The van der Waals surface area contributed by atoms with Crippen molar-refractivity contribution >= 4 is 105 Å². The normalized spacial score (nSPS) is 12.5. The van der Waals surface area contributed by atoms with Crippen LogP contribution in [0.4, 0.5) is 0 Å². The van der Waals surface area contributed by atoms with Crippen molar-refractivity contribution in [3.8, 4) is 39.6 Å². The first-order chi connectivity index (χ1) is 40.2. The van der Waals surface area contributed by atoms with Gasteiger partial charge in [-0.3, -0.25) is 4.57 Å². The number of imidazole rings is 1. The summed E-state index contributed by atoms with van der Waals surface area (Å²) in [5.41, 5.74) is 15.7. The number of fused-ring (bicyclic) bond motifs is 14. The number of para-hydroxylation sites is 6. The lowest BCUT2D eigenvalue weighted by Gasteiger charge is -2.35. The summed E-state index contributed by atoms with van der Waals surface area (Å²) < 4.78 is 16.1. The van der Waals surface area contributed by atoms with Crippen LogP contribution in [-0.4, -0.2) is 31.3 Å². The molecule has 6 nitrogen and oxygen atoms in total. The lowest BCUT2D eigenvalue weighted by molar-refractivity contribution is 0.281. The number of ether oxygens (including phenoxy) is 1. The maximum absolute atomic E-state index is 6.50. The Balaban J connectivity index is 0.887. The summed E-state index contributed by atoms with van der Waals surface area (Å²) in [6.45, 7) is 0.414. The summed E-state index contributed by atoms with van der Waals surface area (Å²) in [4.78, 5) is 4.91. The van der Waals surface area contributed by atoms with Gasteiger partial charge in [0, 0.05) is 49.4 Å². The molecule has 0 unspecified atom stereocenters. The molecule has 0 radical (unpaired) electrons. The fourth-order valence-electron chi connectivity index (χ4n) is 13.7. The van der Waals surface area contributed by atoms with Crippen molar-refractivity contribution in [2.75, 3.05) is 0 Å². The molecule has 16 aromatic rings. The molecule has 81 heavy (non-hydrogen) atoms. The molecule has 17 rings (SSSR count). The molecule has 12 aromatic carbocycles. The highest BCUT2D eigenvalue weighted by atomic mass is 28.3. The predicted octanol–water partition coefficient (Wildman–Crippen LogP) is 15.3. The molecule has 4 aromatic heterocycles. The smallest absolute Gasteiger partial charge is 0.179 e. The van der Waals surface area contributed by atoms with Crippen molar-refractivity contribution in [1.82, 2.24) is 23.3 Å². The van der Waals surface area contributed by atoms with Gasteiger partial charge in [-0.15, -0.1) is 0 Å². The predicted molar refractivity (Wildman–Crippen MR) is 337 cm³/mol. The van der Waals surface area contributed by atoms with Crippen LogP contribution in [-0.2, 0) is 6.61 Å². The largest absolute Gasteiger partial charge is 0.483 e. The minimum Gasteiger partial charge on any atom is -0.483 e. The quantitative estimate of drug-likeness (QED) is 0.112. The fourth-order valence-corrected chi connectivity index (χ4v) is 18.5. The highest BCUT2D eigenvalue weighted by Gasteiger charge is 2.42. The van der Waals surface area contributed by atoms with Crippen molar-refractivity contribution in [3.63, 3.8) is 0 Å². The topological polar surface area (TPSA) is 41.8 Å². The zero-order chi connectivity index (χ0) is 53.2. The van der Waals surface area contributed by atoms with Crippen LogP contribution in [0.3, 0.4) is 0 Å². The van der Waals surface area contributed by atoms with E-state index in [-0.39, 0.29) is 0 Å². The van der Waals surface area contributed by atoms with Gasteiger partial charge in [0.2, 0.25) is 0 Å². The molecule has 0 aliphatic carbocycles. The van der Waals surface area contributed by atoms with E-state index < -0.39 is 8.07 Å². The van der Waals surface area contributed by atoms with Crippen LogP contribution in [0.25, 0.3) is 110 Å². The molecule has 0 saturated carbocycles. The zero-order valence-corrected chi connectivity index (χ0v) is 45.0. The number of rotatable bonds is 8. The van der Waals surface area contributed by atoms with E-state index >= 15 is 0 Å². The second-order valence-electron chi connectivity index (χ2n) is 21.4. The van der Waals surface area contributed by atoms with E-state index in [4.69, 9.17) is 9.72 Å². The van der Waals surface area contributed by atoms with Gasteiger partial charge in [0.1, 0.15) is 12.4 Å². The van der Waals surface area contributed by atoms with Gasteiger partial charge in [-0.25, -0.2) is 4.98 Å². The monoisotopic (exact) mass is 1050 g/mol. The Morgan fingerprint density at radius 1 is 0.296 bits per heavy atom. The first-order valence-corrected chi connectivity index (χ1v) is 29.8. The molecule has 0 amide bonds. The third kappa shape index (κ3) is 6.76. The van der Waals surface area contributed by atoms with E-state index in [0.29, 0.717) is 6.61 Å². The van der Waals surface area contributed by atoms with Crippen molar-refractivity contribution in [2.45, 2.75) is 6.61 Å². The van der Waals surface area contributed by atoms with Gasteiger partial charge in [0.05, 0.1) is 49.8 Å². The summed E-state index contributed by atoms with van der Waals surface area (Å²) in [6.07, 6.45) is 0. The Morgan fingerprint density at radius 2 is 0.728 bits per heavy atom. The lowest BCUT2D eigenvalue weighted by Crippen LogP contribution is -2.74. The van der Waals surface area contributed by atoms with Crippen molar-refractivity contribution in [1.29, 1.82) is 0 Å². The average molecular weight is 1050 g/mol. The SMILES string of the molecule is c1ccc([Si](c2ccccc2)(c2cccc(-c3ccc4c(c3)OCc3nc5ccccc5n3-4)c2)c2cccc(-n3c4ccc(-n5c6ccccc6c6ccccc65)cc4c4cc(-n5c6ccccc6c6ccccc65)ccc43)c2)cc1. The third-order valence-corrected chi connectivity index (χ3v) is 21.9. The Morgan fingerprint density at radius 3 is 1.28 bits per heavy atom. The number of hydrogen-bond donors (Lipinski definition) is 0. The van der Waals surface area contributed by atoms with E-state index in [1.165, 1.54) is 75.1 Å². The Kier molecular flexibility index (Phi) is 9.99. The van der Waals surface area contributed by atoms with Crippen LogP contribution < -0.4 is 25.5 Å². The molecule has 0 fully saturated rings. The number of hydrogen-bond acceptors (Lipinski definition) is 2. The maximum atomic E-state index is 6.50. The molecule has 0 bridgehead atoms. The van der Waals surface area contributed by atoms with Gasteiger partial charge < -0.3 is 18.4 Å². The molecule has 1 aliphatic rings. The first-order valence-electron chi connectivity index (χ1n) is 27.8. The van der Waals surface area contributed by atoms with Crippen molar-refractivity contribution in [2.24, 2.45) is 0 Å². The molecule has 380 valence electrons. The van der Waals surface area contributed by atoms with E-state index in [2.05, 4.69) is 297 Å². The first kappa shape index (κ1) is 45.5. The van der Waals surface area contributed by atoms with Crippen LogP contribution in [0, 0.1) is 0 Å². The Labute approximate surface area is 467 Å². The number of benzene rings is 12. The molecule has 0 atom stereocenters. The third-order valence-electron chi connectivity index (χ3n) is 17.2. The van der Waals surface area contributed by atoms with E-state index in [9.17, 15) is 0 Å². The lowest BCUT2D eigenvalue weighted by atomic mass is 10.0. The van der Waals surface area contributed by atoms with Crippen molar-refractivity contribution in [3.05, 3.63) is 291 Å². The summed E-state index contributed by atoms with van der Waals surface area (Å²) in [5, 5.41) is 12.6. The molecule has 5 heterocycles. The van der Waals surface area contributed by atoms with Gasteiger partial charge in [0.15, 0.2) is 13.9 Å². The second-order valence-corrected chi connectivity index (χ2v) is 25.2. The minimum atomic E-state index is -3.10. The maximum Gasteiger partial charge on any atom is 0.179 e. The minimum absolute atomic E-state index is 0.414. The summed E-state index contributed by atoms with van der Waals surface area (Å²) >= 11 is 0. The molecule has 0 spiro atoms. The highest BCUT2D eigenvalue weighted by molar-refractivity contribution is 7.20. The molecule has 0 saturated heterocycles. The highest BCUT2D eigenvalue weighted by Crippen LogP contribution is 2.41. The fraction of sp³-hybridized carbons (Fsp3) is 0.0135. The molecular formula is C74H49N5OSi. The van der Waals surface area contributed by atoms with E-state index in [1.54, 1.807) is 0 Å². The van der Waals surface area contributed by atoms with Crippen LogP contribution in [0.1, 0.15) is 5.82 Å². The van der Waals surface area contributed by atoms with Gasteiger partial charge in [-0.2, -0.15) is 0 Å². The van der Waals surface area contributed by atoms with Gasteiger partial charge in [-0.05, 0) is 129 Å².